The maximum Gasteiger partial charge on any atom is 0.0407 e. The molecule has 2 rings (SSSR count). The van der Waals surface area contributed by atoms with Crippen molar-refractivity contribution in [1.82, 2.24) is 0 Å². The average Bonchev–Trinajstić information content (AvgIpc) is 2.87. The minimum absolute atomic E-state index is 0. The molecule has 1 nitrogen and oxygen atoms in total. The summed E-state index contributed by atoms with van der Waals surface area (Å²) in [6.07, 6.45) is 2.78. The van der Waals surface area contributed by atoms with E-state index >= 15 is 0 Å². The van der Waals surface area contributed by atoms with Crippen molar-refractivity contribution in [2.75, 3.05) is 11.9 Å². The van der Waals surface area contributed by atoms with Gasteiger partial charge in [-0.15, -0.1) is 12.4 Å². The zero-order valence-corrected chi connectivity index (χ0v) is 8.87. The third-order valence-electron chi connectivity index (χ3n) is 2.14. The summed E-state index contributed by atoms with van der Waals surface area (Å²) in [4.78, 5) is 0. The Hall–Kier alpha value is -0.400. The fourth-order valence-electron chi connectivity index (χ4n) is 1.15. The van der Waals surface area contributed by atoms with Crippen LogP contribution in [-0.2, 0) is 0 Å². The fraction of sp³-hybridized carbons (Fsp3) is 0.400. The Morgan fingerprint density at radius 1 is 1.23 bits per heavy atom. The van der Waals surface area contributed by atoms with Gasteiger partial charge in [0, 0.05) is 17.3 Å². The van der Waals surface area contributed by atoms with Crippen LogP contribution < -0.4 is 5.32 Å². The van der Waals surface area contributed by atoms with Crippen LogP contribution in [0.2, 0.25) is 5.02 Å². The molecule has 1 aliphatic rings. The van der Waals surface area contributed by atoms with E-state index in [0.717, 1.165) is 17.5 Å². The molecule has 1 aliphatic carbocycles. The van der Waals surface area contributed by atoms with E-state index in [1.54, 1.807) is 0 Å². The Bertz CT molecular complexity index is 254. The van der Waals surface area contributed by atoms with E-state index in [0.29, 0.717) is 0 Å². The van der Waals surface area contributed by atoms with E-state index in [1.165, 1.54) is 18.5 Å². The highest BCUT2D eigenvalue weighted by Gasteiger charge is 2.20. The second kappa shape index (κ2) is 4.73. The predicted molar refractivity (Wildman–Crippen MR) is 59.9 cm³/mol. The van der Waals surface area contributed by atoms with Gasteiger partial charge in [-0.3, -0.25) is 0 Å². The molecule has 0 atom stereocenters. The summed E-state index contributed by atoms with van der Waals surface area (Å²) in [6.45, 7) is 1.11. The fourth-order valence-corrected chi connectivity index (χ4v) is 1.28. The van der Waals surface area contributed by atoms with Gasteiger partial charge in [0.05, 0.1) is 0 Å². The molecule has 0 unspecified atom stereocenters. The lowest BCUT2D eigenvalue weighted by Gasteiger charge is -2.03. The summed E-state index contributed by atoms with van der Waals surface area (Å²) in [6, 6.07) is 7.86. The van der Waals surface area contributed by atoms with Crippen LogP contribution in [0.15, 0.2) is 24.3 Å². The summed E-state index contributed by atoms with van der Waals surface area (Å²) in [5.41, 5.74) is 1.17. The zero-order chi connectivity index (χ0) is 8.39. The smallest absolute Gasteiger partial charge is 0.0407 e. The molecule has 0 bridgehead atoms. The van der Waals surface area contributed by atoms with Crippen molar-refractivity contribution in [1.29, 1.82) is 0 Å². The first-order valence-corrected chi connectivity index (χ1v) is 4.72. The number of benzene rings is 1. The molecule has 1 aromatic rings. The van der Waals surface area contributed by atoms with E-state index in [4.69, 9.17) is 11.6 Å². The van der Waals surface area contributed by atoms with Crippen molar-refractivity contribution >= 4 is 29.7 Å². The van der Waals surface area contributed by atoms with Crippen LogP contribution in [0, 0.1) is 5.92 Å². The molecule has 0 spiro atoms. The minimum atomic E-state index is 0. The Morgan fingerprint density at radius 3 is 2.38 bits per heavy atom. The maximum atomic E-state index is 5.76. The van der Waals surface area contributed by atoms with Crippen LogP contribution in [0.3, 0.4) is 0 Å². The Kier molecular flexibility index (Phi) is 3.89. The number of hydrogen-bond donors (Lipinski definition) is 1. The van der Waals surface area contributed by atoms with Gasteiger partial charge in [-0.25, -0.2) is 0 Å². The first-order valence-electron chi connectivity index (χ1n) is 4.34. The van der Waals surface area contributed by atoms with Gasteiger partial charge in [0.1, 0.15) is 0 Å². The maximum absolute atomic E-state index is 5.76. The molecule has 0 radical (unpaired) electrons. The van der Waals surface area contributed by atoms with Crippen molar-refractivity contribution in [3.05, 3.63) is 29.3 Å². The highest BCUT2D eigenvalue weighted by atomic mass is 35.5. The number of rotatable bonds is 3. The topological polar surface area (TPSA) is 12.0 Å². The third-order valence-corrected chi connectivity index (χ3v) is 2.39. The number of nitrogens with one attached hydrogen (secondary N) is 1. The summed E-state index contributed by atoms with van der Waals surface area (Å²) in [5.74, 6) is 0.917. The van der Waals surface area contributed by atoms with Crippen LogP contribution in [0.1, 0.15) is 12.8 Å². The first kappa shape index (κ1) is 10.7. The second-order valence-electron chi connectivity index (χ2n) is 3.33. The molecule has 0 heterocycles. The molecule has 0 aliphatic heterocycles. The minimum Gasteiger partial charge on any atom is -0.385 e. The first-order chi connectivity index (χ1) is 5.84. The molecule has 0 saturated heterocycles. The van der Waals surface area contributed by atoms with Crippen LogP contribution in [0.5, 0.6) is 0 Å². The van der Waals surface area contributed by atoms with Crippen molar-refractivity contribution in [2.45, 2.75) is 12.8 Å². The lowest BCUT2D eigenvalue weighted by atomic mass is 10.3. The second-order valence-corrected chi connectivity index (χ2v) is 3.77. The van der Waals surface area contributed by atoms with Crippen LogP contribution >= 0.6 is 24.0 Å². The highest BCUT2D eigenvalue weighted by molar-refractivity contribution is 6.30. The summed E-state index contributed by atoms with van der Waals surface area (Å²) >= 11 is 5.76. The molecule has 1 N–H and O–H groups in total. The molecule has 0 amide bonds. The average molecular weight is 218 g/mol. The van der Waals surface area contributed by atoms with Gasteiger partial charge in [-0.2, -0.15) is 0 Å². The lowest BCUT2D eigenvalue weighted by molar-refractivity contribution is 0.889. The largest absolute Gasteiger partial charge is 0.385 e. The molecule has 1 fully saturated rings. The van der Waals surface area contributed by atoms with Gasteiger partial charge < -0.3 is 5.32 Å². The molecule has 1 saturated carbocycles. The summed E-state index contributed by atoms with van der Waals surface area (Å²) in [5, 5.41) is 4.17. The predicted octanol–water partition coefficient (Wildman–Crippen LogP) is 3.58. The quantitative estimate of drug-likeness (QED) is 0.817. The Labute approximate surface area is 89.9 Å². The normalized spacial score (nSPS) is 14.8. The number of halogens is 2. The SMILES string of the molecule is Cl.Clc1ccc(NCC2CC2)cc1. The Balaban J connectivity index is 0.000000845. The van der Waals surface area contributed by atoms with Crippen molar-refractivity contribution in [3.63, 3.8) is 0 Å². The standard InChI is InChI=1S/C10H12ClN.ClH/c11-9-3-5-10(6-4-9)12-7-8-1-2-8;/h3-6,8,12H,1-2,7H2;1H. The van der Waals surface area contributed by atoms with Gasteiger partial charge in [-0.05, 0) is 43.0 Å². The molecule has 3 heteroatoms. The van der Waals surface area contributed by atoms with E-state index in [1.807, 2.05) is 24.3 Å². The van der Waals surface area contributed by atoms with E-state index in [9.17, 15) is 0 Å². The lowest BCUT2D eigenvalue weighted by Crippen LogP contribution is -2.02. The van der Waals surface area contributed by atoms with Gasteiger partial charge in [-0.1, -0.05) is 11.6 Å². The van der Waals surface area contributed by atoms with Crippen molar-refractivity contribution in [2.24, 2.45) is 5.92 Å². The van der Waals surface area contributed by atoms with Crippen molar-refractivity contribution < 1.29 is 0 Å². The van der Waals surface area contributed by atoms with Crippen LogP contribution in [0.25, 0.3) is 0 Å². The van der Waals surface area contributed by atoms with Gasteiger partial charge in [0.15, 0.2) is 0 Å². The van der Waals surface area contributed by atoms with Crippen LogP contribution in [0.4, 0.5) is 5.69 Å². The molecule has 0 aromatic heterocycles. The van der Waals surface area contributed by atoms with Crippen LogP contribution in [-0.4, -0.2) is 6.54 Å². The molecular formula is C10H13Cl2N. The van der Waals surface area contributed by atoms with Gasteiger partial charge in [0.2, 0.25) is 0 Å². The van der Waals surface area contributed by atoms with Gasteiger partial charge in [0.25, 0.3) is 0 Å². The third kappa shape index (κ3) is 3.45. The molecule has 1 aromatic carbocycles. The van der Waals surface area contributed by atoms with E-state index in [2.05, 4.69) is 5.32 Å². The highest BCUT2D eigenvalue weighted by Crippen LogP contribution is 2.28. The monoisotopic (exact) mass is 217 g/mol. The molecule has 13 heavy (non-hydrogen) atoms. The van der Waals surface area contributed by atoms with Gasteiger partial charge >= 0.3 is 0 Å². The number of anilines is 1. The van der Waals surface area contributed by atoms with E-state index < -0.39 is 0 Å². The molecule has 72 valence electrons. The zero-order valence-electron chi connectivity index (χ0n) is 7.29. The van der Waals surface area contributed by atoms with E-state index in [-0.39, 0.29) is 12.4 Å². The van der Waals surface area contributed by atoms with Crippen molar-refractivity contribution in [3.8, 4) is 0 Å². The Morgan fingerprint density at radius 2 is 1.85 bits per heavy atom. The summed E-state index contributed by atoms with van der Waals surface area (Å²) < 4.78 is 0. The summed E-state index contributed by atoms with van der Waals surface area (Å²) in [7, 11) is 0. The number of hydrogen-bond acceptors (Lipinski definition) is 1. The molecular weight excluding hydrogens is 205 g/mol.